The van der Waals surface area contributed by atoms with Gasteiger partial charge in [0, 0.05) is 24.4 Å². The standard InChI is InChI=1S/C31H35N3O3S/c1-4-37-30(36)27-28(22-14-7-5-8-15-22)32-31-34(29(27)25-18-12-11-13-21(25)2)24(20-38-31)19-26(35)33(3)23-16-9-6-10-17-23/h5,7-8,11-15,18,20,23,29H,4,6,9-10,16-17,19H2,1-3H3/t29-/m0/s1. The minimum Gasteiger partial charge on any atom is -0.463 e. The van der Waals surface area contributed by atoms with Gasteiger partial charge in [0.2, 0.25) is 5.91 Å². The zero-order valence-corrected chi connectivity index (χ0v) is 23.2. The Morgan fingerprint density at radius 2 is 1.76 bits per heavy atom. The molecule has 1 fully saturated rings. The first-order valence-corrected chi connectivity index (χ1v) is 14.4. The number of aliphatic imine (C=N–C) groups is 1. The topological polar surface area (TPSA) is 62.2 Å². The number of rotatable bonds is 7. The van der Waals surface area contributed by atoms with E-state index in [1.165, 1.54) is 31.0 Å². The molecule has 2 aromatic carbocycles. The molecule has 2 aliphatic heterocycles. The predicted octanol–water partition coefficient (Wildman–Crippen LogP) is 6.45. The molecule has 3 aliphatic rings. The number of hydrogen-bond donors (Lipinski definition) is 0. The molecule has 6 nitrogen and oxygen atoms in total. The lowest BCUT2D eigenvalue weighted by molar-refractivity contribution is -0.139. The number of ether oxygens (including phenoxy) is 1. The molecule has 2 heterocycles. The molecule has 1 saturated carbocycles. The average molecular weight is 530 g/mol. The maximum absolute atomic E-state index is 13.6. The summed E-state index contributed by atoms with van der Waals surface area (Å²) >= 11 is 1.51. The van der Waals surface area contributed by atoms with E-state index in [4.69, 9.17) is 9.73 Å². The molecule has 0 N–H and O–H groups in total. The molecule has 0 unspecified atom stereocenters. The Labute approximate surface area is 229 Å². The van der Waals surface area contributed by atoms with Crippen molar-refractivity contribution in [3.05, 3.63) is 88.0 Å². The van der Waals surface area contributed by atoms with E-state index in [2.05, 4.69) is 24.0 Å². The number of fused-ring (bicyclic) bond motifs is 1. The minimum absolute atomic E-state index is 0.101. The van der Waals surface area contributed by atoms with E-state index in [1.54, 1.807) is 0 Å². The lowest BCUT2D eigenvalue weighted by Gasteiger charge is -2.38. The maximum atomic E-state index is 13.6. The molecule has 0 aromatic heterocycles. The van der Waals surface area contributed by atoms with Gasteiger partial charge in [-0.25, -0.2) is 9.79 Å². The highest BCUT2D eigenvalue weighted by Crippen LogP contribution is 2.47. The predicted molar refractivity (Wildman–Crippen MR) is 153 cm³/mol. The summed E-state index contributed by atoms with van der Waals surface area (Å²) in [7, 11) is 1.93. The summed E-state index contributed by atoms with van der Waals surface area (Å²) in [5.41, 5.74) is 4.91. The number of hydrogen-bond acceptors (Lipinski definition) is 6. The highest BCUT2D eigenvalue weighted by molar-refractivity contribution is 8.16. The van der Waals surface area contributed by atoms with E-state index >= 15 is 0 Å². The van der Waals surface area contributed by atoms with E-state index in [0.29, 0.717) is 17.3 Å². The third kappa shape index (κ3) is 5.17. The summed E-state index contributed by atoms with van der Waals surface area (Å²) in [5.74, 6) is -0.284. The summed E-state index contributed by atoms with van der Waals surface area (Å²) < 4.78 is 5.61. The van der Waals surface area contributed by atoms with E-state index in [0.717, 1.165) is 40.4 Å². The molecular weight excluding hydrogens is 494 g/mol. The number of carbonyl (C=O) groups excluding carboxylic acids is 2. The lowest BCUT2D eigenvalue weighted by atomic mass is 9.89. The number of benzene rings is 2. The van der Waals surface area contributed by atoms with Crippen LogP contribution in [-0.2, 0) is 14.3 Å². The summed E-state index contributed by atoms with van der Waals surface area (Å²) in [4.78, 5) is 36.1. The Balaban J connectivity index is 1.57. The molecule has 2 aromatic rings. The number of thioether (sulfide) groups is 1. The summed E-state index contributed by atoms with van der Waals surface area (Å²) in [6.45, 7) is 4.14. The van der Waals surface area contributed by atoms with Crippen LogP contribution in [0, 0.1) is 6.92 Å². The molecule has 7 heteroatoms. The number of aryl methyl sites for hydroxylation is 1. The first-order valence-electron chi connectivity index (χ1n) is 13.5. The van der Waals surface area contributed by atoms with Crippen molar-refractivity contribution in [3.8, 4) is 0 Å². The highest BCUT2D eigenvalue weighted by Gasteiger charge is 2.43. The fourth-order valence-corrected chi connectivity index (χ4v) is 6.55. The smallest absolute Gasteiger partial charge is 0.338 e. The molecular formula is C31H35N3O3S. The van der Waals surface area contributed by atoms with Crippen LogP contribution in [0.1, 0.15) is 68.2 Å². The average Bonchev–Trinajstić information content (AvgIpc) is 3.35. The van der Waals surface area contributed by atoms with Gasteiger partial charge < -0.3 is 14.5 Å². The van der Waals surface area contributed by atoms with Gasteiger partial charge in [-0.15, -0.1) is 0 Å². The van der Waals surface area contributed by atoms with Crippen LogP contribution in [0.3, 0.4) is 0 Å². The third-order valence-corrected chi connectivity index (χ3v) is 8.57. The SMILES string of the molecule is CCOC(=O)C1=C(c2ccccc2)N=C2SC=C(CC(=O)N(C)C3CCCCC3)N2[C@H]1c1ccccc1C. The van der Waals surface area contributed by atoms with Gasteiger partial charge in [-0.3, -0.25) is 4.79 Å². The molecule has 0 bridgehead atoms. The van der Waals surface area contributed by atoms with Crippen LogP contribution in [0.15, 0.2) is 76.3 Å². The van der Waals surface area contributed by atoms with Gasteiger partial charge in [0.1, 0.15) is 0 Å². The number of amides is 1. The van der Waals surface area contributed by atoms with E-state index in [9.17, 15) is 9.59 Å². The van der Waals surface area contributed by atoms with Gasteiger partial charge in [-0.05, 0) is 43.2 Å². The fraction of sp³-hybridized carbons (Fsp3) is 0.387. The summed E-state index contributed by atoms with van der Waals surface area (Å²) in [6.07, 6.45) is 5.99. The highest BCUT2D eigenvalue weighted by atomic mass is 32.2. The van der Waals surface area contributed by atoms with Gasteiger partial charge in [0.15, 0.2) is 5.17 Å². The fourth-order valence-electron chi connectivity index (χ4n) is 5.63. The van der Waals surface area contributed by atoms with E-state index < -0.39 is 6.04 Å². The first-order chi connectivity index (χ1) is 18.5. The zero-order chi connectivity index (χ0) is 26.6. The molecule has 1 atom stereocenters. The van der Waals surface area contributed by atoms with Crippen molar-refractivity contribution in [2.45, 2.75) is 64.5 Å². The van der Waals surface area contributed by atoms with Crippen LogP contribution in [-0.4, -0.2) is 46.5 Å². The second-order valence-corrected chi connectivity index (χ2v) is 10.9. The van der Waals surface area contributed by atoms with Gasteiger partial charge in [0.05, 0.1) is 30.3 Å². The molecule has 1 aliphatic carbocycles. The zero-order valence-electron chi connectivity index (χ0n) is 22.4. The second kappa shape index (κ2) is 11.6. The van der Waals surface area contributed by atoms with E-state index in [-0.39, 0.29) is 24.9 Å². The van der Waals surface area contributed by atoms with Crippen LogP contribution in [0.5, 0.6) is 0 Å². The maximum Gasteiger partial charge on any atom is 0.338 e. The van der Waals surface area contributed by atoms with E-state index in [1.807, 2.05) is 66.7 Å². The molecule has 38 heavy (non-hydrogen) atoms. The van der Waals surface area contributed by atoms with Crippen LogP contribution >= 0.6 is 11.8 Å². The minimum atomic E-state index is -0.452. The summed E-state index contributed by atoms with van der Waals surface area (Å²) in [6, 6.07) is 17.7. The Morgan fingerprint density at radius 1 is 1.05 bits per heavy atom. The molecule has 1 amide bonds. The first kappa shape index (κ1) is 26.3. The van der Waals surface area contributed by atoms with Crippen molar-refractivity contribution in [1.29, 1.82) is 0 Å². The number of nitrogens with zero attached hydrogens (tertiary/aromatic N) is 3. The van der Waals surface area contributed by atoms with Gasteiger partial charge in [-0.2, -0.15) is 0 Å². The molecule has 0 spiro atoms. The van der Waals surface area contributed by atoms with Crippen molar-refractivity contribution in [3.63, 3.8) is 0 Å². The third-order valence-electron chi connectivity index (χ3n) is 7.68. The van der Waals surface area contributed by atoms with Crippen molar-refractivity contribution in [2.24, 2.45) is 4.99 Å². The Bertz CT molecular complexity index is 1290. The van der Waals surface area contributed by atoms with Crippen LogP contribution in [0.4, 0.5) is 0 Å². The Morgan fingerprint density at radius 3 is 2.47 bits per heavy atom. The number of carbonyl (C=O) groups is 2. The van der Waals surface area contributed by atoms with Crippen molar-refractivity contribution < 1.29 is 14.3 Å². The Hall–Kier alpha value is -3.32. The normalized spacial score (nSPS) is 19.6. The van der Waals surface area contributed by atoms with Crippen molar-refractivity contribution >= 4 is 34.5 Å². The monoisotopic (exact) mass is 529 g/mol. The van der Waals surface area contributed by atoms with Crippen LogP contribution < -0.4 is 0 Å². The van der Waals surface area contributed by atoms with Gasteiger partial charge in [-0.1, -0.05) is 85.6 Å². The lowest BCUT2D eigenvalue weighted by Crippen LogP contribution is -2.41. The quantitative estimate of drug-likeness (QED) is 0.386. The second-order valence-electron chi connectivity index (χ2n) is 10.1. The van der Waals surface area contributed by atoms with Gasteiger partial charge >= 0.3 is 5.97 Å². The van der Waals surface area contributed by atoms with Crippen molar-refractivity contribution in [1.82, 2.24) is 9.80 Å². The molecule has 5 rings (SSSR count). The summed E-state index contributed by atoms with van der Waals surface area (Å²) in [5, 5.41) is 2.79. The van der Waals surface area contributed by atoms with Crippen LogP contribution in [0.2, 0.25) is 0 Å². The van der Waals surface area contributed by atoms with Crippen LogP contribution in [0.25, 0.3) is 5.70 Å². The Kier molecular flexibility index (Phi) is 8.03. The largest absolute Gasteiger partial charge is 0.463 e. The van der Waals surface area contributed by atoms with Gasteiger partial charge in [0.25, 0.3) is 0 Å². The number of esters is 1. The molecule has 0 radical (unpaired) electrons. The molecule has 198 valence electrons. The molecule has 0 saturated heterocycles. The van der Waals surface area contributed by atoms with Crippen molar-refractivity contribution in [2.75, 3.05) is 13.7 Å². The number of amidine groups is 1.